The lowest BCUT2D eigenvalue weighted by Crippen LogP contribution is -2.37. The van der Waals surface area contributed by atoms with Crippen LogP contribution in [0.3, 0.4) is 0 Å². The average molecular weight is 511 g/mol. The highest BCUT2D eigenvalue weighted by Gasteiger charge is 2.25. The van der Waals surface area contributed by atoms with Gasteiger partial charge in [0.2, 0.25) is 0 Å². The molecule has 0 aliphatic heterocycles. The fraction of sp³-hybridized carbons (Fsp3) is 1.00. The van der Waals surface area contributed by atoms with Crippen LogP contribution in [0.1, 0.15) is 104 Å². The molecule has 0 saturated heterocycles. The lowest BCUT2D eigenvalue weighted by Gasteiger charge is -2.24. The van der Waals surface area contributed by atoms with Gasteiger partial charge in [-0.2, -0.15) is 0 Å². The first kappa shape index (κ1) is 34.0. The van der Waals surface area contributed by atoms with Gasteiger partial charge in [0.1, 0.15) is 19.3 Å². The monoisotopic (exact) mass is 510 g/mol. The second-order valence-corrected chi connectivity index (χ2v) is 11.9. The van der Waals surface area contributed by atoms with Crippen LogP contribution in [-0.2, 0) is 23.1 Å². The molecule has 34 heavy (non-hydrogen) atoms. The number of phosphoric ester groups is 1. The highest BCUT2D eigenvalue weighted by Crippen LogP contribution is 2.43. The molecular formula is C26H57NO6P+. The smallest absolute Gasteiger partial charge is 0.379 e. The third kappa shape index (κ3) is 25.1. The molecule has 0 bridgehead atoms. The fourth-order valence-electron chi connectivity index (χ4n) is 3.47. The van der Waals surface area contributed by atoms with Crippen LogP contribution >= 0.6 is 7.82 Å². The van der Waals surface area contributed by atoms with E-state index in [9.17, 15) is 9.46 Å². The van der Waals surface area contributed by atoms with E-state index in [0.717, 1.165) is 19.3 Å². The third-order valence-corrected chi connectivity index (χ3v) is 6.72. The lowest BCUT2D eigenvalue weighted by atomic mass is 10.1. The van der Waals surface area contributed by atoms with E-state index in [0.29, 0.717) is 30.8 Å². The molecule has 0 amide bonds. The first-order valence-corrected chi connectivity index (χ1v) is 15.3. The van der Waals surface area contributed by atoms with Crippen molar-refractivity contribution in [3.05, 3.63) is 0 Å². The zero-order valence-electron chi connectivity index (χ0n) is 23.1. The van der Waals surface area contributed by atoms with E-state index in [2.05, 4.69) is 13.8 Å². The van der Waals surface area contributed by atoms with Crippen LogP contribution in [-0.4, -0.2) is 76.2 Å². The summed E-state index contributed by atoms with van der Waals surface area (Å²) in [4.78, 5) is 10.0. The minimum Gasteiger partial charge on any atom is -0.379 e. The Hall–Kier alpha value is -0.0100. The molecule has 7 nitrogen and oxygen atoms in total. The molecule has 0 aliphatic rings. The van der Waals surface area contributed by atoms with Crippen LogP contribution in [0.4, 0.5) is 0 Å². The van der Waals surface area contributed by atoms with Gasteiger partial charge in [-0.05, 0) is 12.8 Å². The van der Waals surface area contributed by atoms with Gasteiger partial charge < -0.3 is 18.9 Å². The van der Waals surface area contributed by atoms with Crippen molar-refractivity contribution in [1.29, 1.82) is 0 Å². The van der Waals surface area contributed by atoms with Gasteiger partial charge in [0.15, 0.2) is 0 Å². The molecular weight excluding hydrogens is 453 g/mol. The summed E-state index contributed by atoms with van der Waals surface area (Å²) in [5, 5.41) is 0. The SMILES string of the molecule is CCCCCCCCCOCC(COP(=O)(O)OCC[N+](C)(C)C)OCCCCCCCCC. The maximum Gasteiger partial charge on any atom is 0.472 e. The molecule has 0 aliphatic carbocycles. The number of quaternary nitrogens is 1. The van der Waals surface area contributed by atoms with Gasteiger partial charge >= 0.3 is 7.82 Å². The van der Waals surface area contributed by atoms with Gasteiger partial charge in [0.05, 0.1) is 34.4 Å². The number of nitrogens with zero attached hydrogens (tertiary/aromatic N) is 1. The zero-order valence-corrected chi connectivity index (χ0v) is 24.0. The van der Waals surface area contributed by atoms with Gasteiger partial charge in [-0.3, -0.25) is 9.05 Å². The van der Waals surface area contributed by atoms with Crippen molar-refractivity contribution < 1.29 is 32.5 Å². The van der Waals surface area contributed by atoms with E-state index in [4.69, 9.17) is 18.5 Å². The summed E-state index contributed by atoms with van der Waals surface area (Å²) in [7, 11) is 1.91. The van der Waals surface area contributed by atoms with Crippen LogP contribution in [0.5, 0.6) is 0 Å². The first-order valence-electron chi connectivity index (χ1n) is 13.8. The number of hydrogen-bond donors (Lipinski definition) is 1. The molecule has 0 saturated carbocycles. The van der Waals surface area contributed by atoms with Gasteiger partial charge in [-0.15, -0.1) is 0 Å². The first-order chi connectivity index (χ1) is 16.2. The summed E-state index contributed by atoms with van der Waals surface area (Å²) in [6.07, 6.45) is 16.8. The van der Waals surface area contributed by atoms with Gasteiger partial charge in [-0.25, -0.2) is 4.57 Å². The number of phosphoric acid groups is 1. The van der Waals surface area contributed by atoms with Crippen molar-refractivity contribution in [3.63, 3.8) is 0 Å². The van der Waals surface area contributed by atoms with E-state index in [1.54, 1.807) is 0 Å². The van der Waals surface area contributed by atoms with E-state index in [-0.39, 0.29) is 19.3 Å². The second-order valence-electron chi connectivity index (χ2n) is 10.4. The molecule has 0 heterocycles. The Labute approximate surface area is 211 Å². The molecule has 0 spiro atoms. The number of unbranched alkanes of at least 4 members (excludes halogenated alkanes) is 12. The van der Waals surface area contributed by atoms with Crippen LogP contribution in [0.15, 0.2) is 0 Å². The lowest BCUT2D eigenvalue weighted by molar-refractivity contribution is -0.870. The molecule has 2 unspecified atom stereocenters. The van der Waals surface area contributed by atoms with Crippen molar-refractivity contribution in [3.8, 4) is 0 Å². The fourth-order valence-corrected chi connectivity index (χ4v) is 4.22. The van der Waals surface area contributed by atoms with E-state index >= 15 is 0 Å². The minimum absolute atomic E-state index is 0.00826. The molecule has 1 N–H and O–H groups in total. The molecule has 2 atom stereocenters. The van der Waals surface area contributed by atoms with Crippen LogP contribution < -0.4 is 0 Å². The summed E-state index contributed by atoms with van der Waals surface area (Å²) in [5.41, 5.74) is 0. The Balaban J connectivity index is 4.24. The predicted molar refractivity (Wildman–Crippen MR) is 141 cm³/mol. The number of hydrogen-bond acceptors (Lipinski definition) is 5. The predicted octanol–water partition coefficient (Wildman–Crippen LogP) is 6.73. The van der Waals surface area contributed by atoms with Crippen molar-refractivity contribution in [2.45, 2.75) is 110 Å². The molecule has 0 fully saturated rings. The zero-order chi connectivity index (χ0) is 25.5. The molecule has 0 aromatic carbocycles. The third-order valence-electron chi connectivity index (χ3n) is 5.74. The second kappa shape index (κ2) is 22.2. The summed E-state index contributed by atoms with van der Waals surface area (Å²) in [5.74, 6) is 0. The molecule has 0 rings (SSSR count). The molecule has 206 valence electrons. The number of ether oxygens (including phenoxy) is 2. The number of likely N-dealkylation sites (N-methyl/N-ethyl adjacent to an activating group) is 1. The van der Waals surface area contributed by atoms with Crippen LogP contribution in [0, 0.1) is 0 Å². The minimum atomic E-state index is -4.10. The maximum atomic E-state index is 12.2. The summed E-state index contributed by atoms with van der Waals surface area (Å²) in [6, 6.07) is 0. The van der Waals surface area contributed by atoms with Crippen LogP contribution in [0.25, 0.3) is 0 Å². The van der Waals surface area contributed by atoms with Gasteiger partial charge in [0.25, 0.3) is 0 Å². The Morgan fingerprint density at radius 2 is 1.18 bits per heavy atom. The van der Waals surface area contributed by atoms with Crippen LogP contribution in [0.2, 0.25) is 0 Å². The number of rotatable bonds is 26. The maximum absolute atomic E-state index is 12.2. The van der Waals surface area contributed by atoms with Gasteiger partial charge in [-0.1, -0.05) is 90.9 Å². The van der Waals surface area contributed by atoms with Crippen molar-refractivity contribution in [1.82, 2.24) is 0 Å². The summed E-state index contributed by atoms with van der Waals surface area (Å²) < 4.78 is 35.0. The van der Waals surface area contributed by atoms with Gasteiger partial charge in [0, 0.05) is 13.2 Å². The average Bonchev–Trinajstić information content (AvgIpc) is 2.76. The molecule has 0 aromatic rings. The van der Waals surface area contributed by atoms with Crippen molar-refractivity contribution in [2.75, 3.05) is 60.7 Å². The highest BCUT2D eigenvalue weighted by molar-refractivity contribution is 7.47. The summed E-state index contributed by atoms with van der Waals surface area (Å²) in [6.45, 7) is 6.89. The van der Waals surface area contributed by atoms with E-state index < -0.39 is 7.82 Å². The van der Waals surface area contributed by atoms with E-state index in [1.165, 1.54) is 70.6 Å². The Bertz CT molecular complexity index is 486. The van der Waals surface area contributed by atoms with Crippen molar-refractivity contribution in [2.24, 2.45) is 0 Å². The molecule has 0 aromatic heterocycles. The summed E-state index contributed by atoms with van der Waals surface area (Å²) >= 11 is 0. The quantitative estimate of drug-likeness (QED) is 0.0790. The Morgan fingerprint density at radius 3 is 1.71 bits per heavy atom. The van der Waals surface area contributed by atoms with E-state index in [1.807, 2.05) is 21.1 Å². The van der Waals surface area contributed by atoms with Crippen molar-refractivity contribution >= 4 is 7.82 Å². The Morgan fingerprint density at radius 1 is 0.676 bits per heavy atom. The highest BCUT2D eigenvalue weighted by atomic mass is 31.2. The normalized spacial score (nSPS) is 14.9. The standard InChI is InChI=1S/C26H56NO6P/c1-6-8-10-12-14-16-18-21-30-24-26(31-22-19-17-15-13-11-9-7-2)25-33-34(28,29)32-23-20-27(3,4)5/h26H,6-25H2,1-5H3/p+1. The molecule has 0 radical (unpaired) electrons. The largest absolute Gasteiger partial charge is 0.472 e. The Kier molecular flexibility index (Phi) is 22.2. The topological polar surface area (TPSA) is 74.2 Å². The molecule has 8 heteroatoms.